The first-order chi connectivity index (χ1) is 13.2. The lowest BCUT2D eigenvalue weighted by Crippen LogP contribution is -2.17. The molecule has 1 heterocycles. The van der Waals surface area contributed by atoms with E-state index < -0.39 is 12.3 Å². The summed E-state index contributed by atoms with van der Waals surface area (Å²) in [6.45, 7) is 1.70. The Bertz CT molecular complexity index is 1010. The minimum Gasteiger partial charge on any atom is -0.478 e. The molecule has 6 nitrogen and oxygen atoms in total. The van der Waals surface area contributed by atoms with E-state index in [0.29, 0.717) is 22.6 Å². The van der Waals surface area contributed by atoms with Crippen molar-refractivity contribution in [1.82, 2.24) is 14.8 Å². The van der Waals surface area contributed by atoms with Crippen molar-refractivity contribution in [3.05, 3.63) is 66.5 Å². The number of hydrogen-bond acceptors (Lipinski definition) is 4. The number of allylic oxidation sites excluding steroid dienone is 1. The fourth-order valence-electron chi connectivity index (χ4n) is 2.47. The lowest BCUT2D eigenvalue weighted by molar-refractivity contribution is -0.274. The van der Waals surface area contributed by atoms with Gasteiger partial charge >= 0.3 is 12.3 Å². The zero-order valence-corrected chi connectivity index (χ0v) is 14.5. The molecule has 3 rings (SSSR count). The number of benzene rings is 2. The van der Waals surface area contributed by atoms with Crippen LogP contribution in [0.3, 0.4) is 0 Å². The highest BCUT2D eigenvalue weighted by Gasteiger charge is 2.30. The lowest BCUT2D eigenvalue weighted by Gasteiger charge is -2.09. The van der Waals surface area contributed by atoms with Crippen molar-refractivity contribution in [3.63, 3.8) is 0 Å². The van der Waals surface area contributed by atoms with Crippen LogP contribution in [-0.2, 0) is 4.79 Å². The van der Waals surface area contributed by atoms with Gasteiger partial charge in [0.1, 0.15) is 12.1 Å². The molecule has 0 aliphatic carbocycles. The van der Waals surface area contributed by atoms with Crippen molar-refractivity contribution < 1.29 is 27.8 Å². The number of rotatable bonds is 5. The van der Waals surface area contributed by atoms with Gasteiger partial charge in [-0.2, -0.15) is 0 Å². The summed E-state index contributed by atoms with van der Waals surface area (Å²) < 4.78 is 41.9. The monoisotopic (exact) mass is 389 g/mol. The van der Waals surface area contributed by atoms with E-state index in [-0.39, 0.29) is 5.75 Å². The molecular formula is C19H14F3N3O3. The summed E-state index contributed by atoms with van der Waals surface area (Å²) in [5.74, 6) is -0.923. The largest absolute Gasteiger partial charge is 0.573 e. The van der Waals surface area contributed by atoms with Crippen LogP contribution in [0.1, 0.15) is 12.5 Å². The fourth-order valence-corrected chi connectivity index (χ4v) is 2.47. The fraction of sp³-hybridized carbons (Fsp3) is 0.105. The Labute approximate surface area is 157 Å². The average Bonchev–Trinajstić information content (AvgIpc) is 3.10. The van der Waals surface area contributed by atoms with E-state index in [1.165, 1.54) is 35.3 Å². The van der Waals surface area contributed by atoms with E-state index >= 15 is 0 Å². The molecule has 1 N–H and O–H groups in total. The normalized spacial score (nSPS) is 12.1. The number of carboxylic acids is 1. The molecule has 0 atom stereocenters. The summed E-state index contributed by atoms with van der Waals surface area (Å²) in [5, 5.41) is 13.1. The average molecular weight is 389 g/mol. The van der Waals surface area contributed by atoms with Crippen LogP contribution >= 0.6 is 0 Å². The van der Waals surface area contributed by atoms with E-state index in [2.05, 4.69) is 14.8 Å². The number of aromatic nitrogens is 3. The topological polar surface area (TPSA) is 77.2 Å². The molecule has 9 heteroatoms. The molecule has 0 radical (unpaired) electrons. The zero-order valence-electron chi connectivity index (χ0n) is 14.5. The lowest BCUT2D eigenvalue weighted by atomic mass is 10.0. The number of hydrogen-bond donors (Lipinski definition) is 1. The van der Waals surface area contributed by atoms with E-state index in [1.54, 1.807) is 31.2 Å². The highest BCUT2D eigenvalue weighted by atomic mass is 19.4. The SMILES string of the molecule is CC(=CC(=O)O)c1ccc(-c2ncn(-c3ccc(OC(F)(F)F)cc3)n2)cc1. The quantitative estimate of drug-likeness (QED) is 0.658. The van der Waals surface area contributed by atoms with Crippen molar-refractivity contribution >= 4 is 11.5 Å². The van der Waals surface area contributed by atoms with E-state index in [1.807, 2.05) is 0 Å². The van der Waals surface area contributed by atoms with Crippen LogP contribution in [-0.4, -0.2) is 32.2 Å². The molecule has 0 bridgehead atoms. The summed E-state index contributed by atoms with van der Waals surface area (Å²) >= 11 is 0. The summed E-state index contributed by atoms with van der Waals surface area (Å²) in [5.41, 5.74) is 2.59. The molecule has 0 aliphatic rings. The second-order valence-electron chi connectivity index (χ2n) is 5.80. The molecule has 0 saturated heterocycles. The Hall–Kier alpha value is -3.62. The van der Waals surface area contributed by atoms with Gasteiger partial charge in [0.05, 0.1) is 5.69 Å². The number of carbonyl (C=O) groups is 1. The molecule has 0 saturated carbocycles. The molecule has 0 fully saturated rings. The Kier molecular flexibility index (Phi) is 5.16. The van der Waals surface area contributed by atoms with E-state index in [9.17, 15) is 18.0 Å². The second kappa shape index (κ2) is 7.55. The maximum Gasteiger partial charge on any atom is 0.573 e. The molecule has 1 aromatic heterocycles. The number of alkyl halides is 3. The number of halogens is 3. The zero-order chi connectivity index (χ0) is 20.3. The molecule has 0 spiro atoms. The van der Waals surface area contributed by atoms with Crippen LogP contribution in [0.5, 0.6) is 5.75 Å². The first kappa shape index (κ1) is 19.2. The first-order valence-electron chi connectivity index (χ1n) is 8.01. The second-order valence-corrected chi connectivity index (χ2v) is 5.80. The van der Waals surface area contributed by atoms with Gasteiger partial charge in [-0.15, -0.1) is 18.3 Å². The maximum atomic E-state index is 12.2. The molecular weight excluding hydrogens is 375 g/mol. The van der Waals surface area contributed by atoms with Gasteiger partial charge in [-0.25, -0.2) is 14.5 Å². The Balaban J connectivity index is 1.78. The van der Waals surface area contributed by atoms with Crippen LogP contribution in [0, 0.1) is 0 Å². The minimum absolute atomic E-state index is 0.322. The van der Waals surface area contributed by atoms with Crippen LogP contribution in [0.4, 0.5) is 13.2 Å². The van der Waals surface area contributed by atoms with Crippen LogP contribution in [0.25, 0.3) is 22.6 Å². The van der Waals surface area contributed by atoms with Gasteiger partial charge in [-0.05, 0) is 42.3 Å². The Morgan fingerprint density at radius 2 is 1.75 bits per heavy atom. The van der Waals surface area contributed by atoms with Gasteiger partial charge < -0.3 is 9.84 Å². The number of nitrogens with zero attached hydrogens (tertiary/aromatic N) is 3. The third-order valence-corrected chi connectivity index (χ3v) is 3.77. The van der Waals surface area contributed by atoms with Crippen LogP contribution in [0.2, 0.25) is 0 Å². The van der Waals surface area contributed by atoms with Crippen molar-refractivity contribution in [2.75, 3.05) is 0 Å². The van der Waals surface area contributed by atoms with Gasteiger partial charge in [-0.3, -0.25) is 0 Å². The predicted octanol–water partition coefficient (Wildman–Crippen LogP) is 4.32. The summed E-state index contributed by atoms with van der Waals surface area (Å²) in [6, 6.07) is 12.3. The van der Waals surface area contributed by atoms with Crippen molar-refractivity contribution in [2.45, 2.75) is 13.3 Å². The molecule has 0 unspecified atom stereocenters. The number of ether oxygens (including phenoxy) is 1. The molecule has 28 heavy (non-hydrogen) atoms. The summed E-state index contributed by atoms with van der Waals surface area (Å²) in [6.07, 6.45) is -2.18. The minimum atomic E-state index is -4.74. The smallest absolute Gasteiger partial charge is 0.478 e. The van der Waals surface area contributed by atoms with Gasteiger partial charge in [0.25, 0.3) is 0 Å². The van der Waals surface area contributed by atoms with Crippen molar-refractivity contribution in [3.8, 4) is 22.8 Å². The predicted molar refractivity (Wildman–Crippen MR) is 94.8 cm³/mol. The molecule has 144 valence electrons. The maximum absolute atomic E-state index is 12.2. The van der Waals surface area contributed by atoms with E-state index in [4.69, 9.17) is 5.11 Å². The highest BCUT2D eigenvalue weighted by Crippen LogP contribution is 2.24. The van der Waals surface area contributed by atoms with Crippen LogP contribution < -0.4 is 4.74 Å². The number of aliphatic carboxylic acids is 1. The third-order valence-electron chi connectivity index (χ3n) is 3.77. The summed E-state index contributed by atoms with van der Waals surface area (Å²) in [4.78, 5) is 14.9. The van der Waals surface area contributed by atoms with E-state index in [0.717, 1.165) is 11.6 Å². The molecule has 0 aliphatic heterocycles. The van der Waals surface area contributed by atoms with Crippen molar-refractivity contribution in [2.24, 2.45) is 0 Å². The van der Waals surface area contributed by atoms with Crippen molar-refractivity contribution in [1.29, 1.82) is 0 Å². The van der Waals surface area contributed by atoms with Gasteiger partial charge in [0.2, 0.25) is 0 Å². The Morgan fingerprint density at radius 1 is 1.11 bits per heavy atom. The molecule has 3 aromatic rings. The molecule has 0 amide bonds. The molecule has 2 aromatic carbocycles. The third kappa shape index (κ3) is 4.76. The van der Waals surface area contributed by atoms with Gasteiger partial charge in [-0.1, -0.05) is 24.3 Å². The van der Waals surface area contributed by atoms with Gasteiger partial charge in [0, 0.05) is 11.6 Å². The number of carboxylic acid groups (broad SMARTS) is 1. The Morgan fingerprint density at radius 3 is 2.32 bits per heavy atom. The standard InChI is InChI=1S/C19H14F3N3O3/c1-12(10-17(26)27)13-2-4-14(5-3-13)18-23-11-25(24-18)15-6-8-16(9-7-15)28-19(20,21)22/h2-11H,1H3,(H,26,27). The van der Waals surface area contributed by atoms with Gasteiger partial charge in [0.15, 0.2) is 5.82 Å². The first-order valence-corrected chi connectivity index (χ1v) is 8.01. The summed E-state index contributed by atoms with van der Waals surface area (Å²) in [7, 11) is 0. The highest BCUT2D eigenvalue weighted by molar-refractivity contribution is 5.89. The van der Waals surface area contributed by atoms with Crippen LogP contribution in [0.15, 0.2) is 60.9 Å².